The Labute approximate surface area is 206 Å². The highest BCUT2D eigenvalue weighted by atomic mass is 16.3. The van der Waals surface area contributed by atoms with Crippen LogP contribution in [0.5, 0.6) is 0 Å². The van der Waals surface area contributed by atoms with Crippen molar-refractivity contribution in [2.75, 3.05) is 37.7 Å². The number of piperazine rings is 1. The fourth-order valence-electron chi connectivity index (χ4n) is 4.07. The van der Waals surface area contributed by atoms with E-state index < -0.39 is 6.61 Å². The molecule has 0 spiro atoms. The number of ketones is 2. The lowest BCUT2D eigenvalue weighted by Gasteiger charge is -2.36. The molecule has 4 rings (SSSR count). The van der Waals surface area contributed by atoms with Crippen LogP contribution in [0, 0.1) is 0 Å². The molecule has 3 aromatic carbocycles. The van der Waals surface area contributed by atoms with Crippen LogP contribution in [0.25, 0.3) is 12.2 Å². The number of rotatable bonds is 9. The van der Waals surface area contributed by atoms with Gasteiger partial charge in [0.15, 0.2) is 11.6 Å². The van der Waals surface area contributed by atoms with Crippen LogP contribution in [0.15, 0.2) is 91.0 Å². The zero-order chi connectivity index (χ0) is 24.5. The number of hydrogen-bond donors (Lipinski definition) is 1. The maximum absolute atomic E-state index is 12.6. The van der Waals surface area contributed by atoms with Crippen LogP contribution < -0.4 is 4.90 Å². The van der Waals surface area contributed by atoms with E-state index in [1.165, 1.54) is 11.6 Å². The number of carbonyl (C=O) groups excluding carboxylic acids is 2. The standard InChI is InChI=1S/C30H30N2O3/c33-23-29(34)16-10-24-6-8-25(9-7-24)11-17-30(35)27-12-14-28(15-13-27)32-20-18-31(19-21-32)22-26-4-2-1-3-5-26/h1-17,33H,18-23H2/b16-10+,17-11+. The molecule has 0 aromatic heterocycles. The summed E-state index contributed by atoms with van der Waals surface area (Å²) in [7, 11) is 0. The lowest BCUT2D eigenvalue weighted by atomic mass is 10.1. The fraction of sp³-hybridized carbons (Fsp3) is 0.200. The van der Waals surface area contributed by atoms with Gasteiger partial charge in [0.2, 0.25) is 0 Å². The van der Waals surface area contributed by atoms with Gasteiger partial charge in [-0.2, -0.15) is 0 Å². The van der Waals surface area contributed by atoms with Gasteiger partial charge in [0.05, 0.1) is 0 Å². The molecule has 0 atom stereocenters. The average Bonchev–Trinajstić information content (AvgIpc) is 2.92. The second kappa shape index (κ2) is 12.1. The second-order valence-corrected chi connectivity index (χ2v) is 8.62. The van der Waals surface area contributed by atoms with Gasteiger partial charge in [0.1, 0.15) is 6.61 Å². The van der Waals surface area contributed by atoms with Gasteiger partial charge in [-0.1, -0.05) is 66.7 Å². The van der Waals surface area contributed by atoms with E-state index in [9.17, 15) is 9.59 Å². The van der Waals surface area contributed by atoms with Gasteiger partial charge in [0, 0.05) is 44.0 Å². The van der Waals surface area contributed by atoms with E-state index in [0.717, 1.165) is 49.5 Å². The first kappa shape index (κ1) is 24.3. The maximum Gasteiger partial charge on any atom is 0.185 e. The SMILES string of the molecule is O=C(/C=C/c1ccc(/C=C/C(=O)c2ccc(N3CCN(Cc4ccccc4)CC3)cc2)cc1)CO. The Kier molecular flexibility index (Phi) is 8.39. The smallest absolute Gasteiger partial charge is 0.185 e. The van der Waals surface area contributed by atoms with E-state index >= 15 is 0 Å². The third kappa shape index (κ3) is 7.09. The van der Waals surface area contributed by atoms with Crippen LogP contribution in [-0.2, 0) is 11.3 Å². The normalized spacial score (nSPS) is 14.6. The van der Waals surface area contributed by atoms with Gasteiger partial charge >= 0.3 is 0 Å². The molecule has 1 aliphatic rings. The van der Waals surface area contributed by atoms with Crippen LogP contribution in [0.2, 0.25) is 0 Å². The third-order valence-electron chi connectivity index (χ3n) is 6.12. The van der Waals surface area contributed by atoms with E-state index in [1.807, 2.05) is 48.5 Å². The number of hydrogen-bond acceptors (Lipinski definition) is 5. The molecule has 0 radical (unpaired) electrons. The number of aliphatic hydroxyl groups excluding tert-OH is 1. The molecule has 0 aliphatic carbocycles. The van der Waals surface area contributed by atoms with E-state index in [4.69, 9.17) is 5.11 Å². The van der Waals surface area contributed by atoms with Gasteiger partial charge in [0.25, 0.3) is 0 Å². The Hall–Kier alpha value is -3.80. The highest BCUT2D eigenvalue weighted by Crippen LogP contribution is 2.19. The lowest BCUT2D eigenvalue weighted by molar-refractivity contribution is -0.117. The van der Waals surface area contributed by atoms with E-state index in [-0.39, 0.29) is 11.6 Å². The Balaban J connectivity index is 1.28. The summed E-state index contributed by atoms with van der Waals surface area (Å²) in [6.07, 6.45) is 6.37. The van der Waals surface area contributed by atoms with Crippen molar-refractivity contribution in [2.45, 2.75) is 6.54 Å². The average molecular weight is 467 g/mol. The number of aliphatic hydroxyl groups is 1. The minimum Gasteiger partial charge on any atom is -0.388 e. The van der Waals surface area contributed by atoms with Crippen molar-refractivity contribution in [3.05, 3.63) is 113 Å². The predicted octanol–water partition coefficient (Wildman–Crippen LogP) is 4.48. The van der Waals surface area contributed by atoms with Gasteiger partial charge in [-0.3, -0.25) is 14.5 Å². The third-order valence-corrected chi connectivity index (χ3v) is 6.12. The number of benzene rings is 3. The summed E-state index contributed by atoms with van der Waals surface area (Å²) in [6.45, 7) is 4.47. The minimum absolute atomic E-state index is 0.0401. The first-order valence-corrected chi connectivity index (χ1v) is 11.9. The molecule has 0 bridgehead atoms. The maximum atomic E-state index is 12.6. The quantitative estimate of drug-likeness (QED) is 0.372. The van der Waals surface area contributed by atoms with E-state index in [1.54, 1.807) is 18.2 Å². The Morgan fingerprint density at radius 2 is 1.34 bits per heavy atom. The summed E-state index contributed by atoms with van der Waals surface area (Å²) in [4.78, 5) is 28.6. The van der Waals surface area contributed by atoms with Gasteiger partial charge < -0.3 is 10.0 Å². The molecule has 35 heavy (non-hydrogen) atoms. The number of nitrogens with zero attached hydrogens (tertiary/aromatic N) is 2. The molecule has 0 saturated carbocycles. The summed E-state index contributed by atoms with van der Waals surface area (Å²) in [5, 5.41) is 8.76. The number of allylic oxidation sites excluding steroid dienone is 1. The van der Waals surface area contributed by atoms with Crippen LogP contribution in [0.4, 0.5) is 5.69 Å². The molecule has 1 fully saturated rings. The van der Waals surface area contributed by atoms with Crippen LogP contribution >= 0.6 is 0 Å². The summed E-state index contributed by atoms with van der Waals surface area (Å²) in [6, 6.07) is 25.9. The van der Waals surface area contributed by atoms with Crippen molar-refractivity contribution >= 4 is 29.4 Å². The monoisotopic (exact) mass is 466 g/mol. The molecule has 1 saturated heterocycles. The predicted molar refractivity (Wildman–Crippen MR) is 141 cm³/mol. The molecule has 0 amide bonds. The summed E-state index contributed by atoms with van der Waals surface area (Å²) in [5.74, 6) is -0.377. The van der Waals surface area contributed by atoms with Gasteiger partial charge in [-0.05, 0) is 53.1 Å². The fourth-order valence-corrected chi connectivity index (χ4v) is 4.07. The molecule has 3 aromatic rings. The zero-order valence-corrected chi connectivity index (χ0v) is 19.7. The van der Waals surface area contributed by atoms with Crippen molar-refractivity contribution in [2.24, 2.45) is 0 Å². The first-order chi connectivity index (χ1) is 17.1. The highest BCUT2D eigenvalue weighted by molar-refractivity contribution is 6.07. The minimum atomic E-state index is -0.494. The molecule has 0 unspecified atom stereocenters. The molecular weight excluding hydrogens is 436 g/mol. The first-order valence-electron chi connectivity index (χ1n) is 11.9. The van der Waals surface area contributed by atoms with E-state index in [0.29, 0.717) is 5.56 Å². The molecule has 1 N–H and O–H groups in total. The molecule has 178 valence electrons. The van der Waals surface area contributed by atoms with Crippen molar-refractivity contribution in [1.82, 2.24) is 4.90 Å². The van der Waals surface area contributed by atoms with Crippen LogP contribution in [0.1, 0.15) is 27.0 Å². The second-order valence-electron chi connectivity index (χ2n) is 8.62. The molecular formula is C30H30N2O3. The van der Waals surface area contributed by atoms with Crippen molar-refractivity contribution in [1.29, 1.82) is 0 Å². The Morgan fingerprint density at radius 1 is 0.743 bits per heavy atom. The van der Waals surface area contributed by atoms with E-state index in [2.05, 4.69) is 40.1 Å². The molecule has 1 aliphatic heterocycles. The van der Waals surface area contributed by atoms with Gasteiger partial charge in [-0.25, -0.2) is 0 Å². The van der Waals surface area contributed by atoms with Crippen LogP contribution in [0.3, 0.4) is 0 Å². The highest BCUT2D eigenvalue weighted by Gasteiger charge is 2.17. The van der Waals surface area contributed by atoms with Gasteiger partial charge in [-0.15, -0.1) is 0 Å². The Morgan fingerprint density at radius 3 is 1.94 bits per heavy atom. The summed E-state index contributed by atoms with van der Waals surface area (Å²) in [5.41, 5.74) is 4.91. The number of anilines is 1. The molecule has 5 nitrogen and oxygen atoms in total. The topological polar surface area (TPSA) is 60.9 Å². The largest absolute Gasteiger partial charge is 0.388 e. The molecule has 1 heterocycles. The van der Waals surface area contributed by atoms with Crippen LogP contribution in [-0.4, -0.2) is 54.4 Å². The summed E-state index contributed by atoms with van der Waals surface area (Å²) >= 11 is 0. The zero-order valence-electron chi connectivity index (χ0n) is 19.7. The van der Waals surface area contributed by atoms with Crippen molar-refractivity contribution < 1.29 is 14.7 Å². The summed E-state index contributed by atoms with van der Waals surface area (Å²) < 4.78 is 0. The van der Waals surface area contributed by atoms with Crippen molar-refractivity contribution in [3.63, 3.8) is 0 Å². The van der Waals surface area contributed by atoms with Crippen molar-refractivity contribution in [3.8, 4) is 0 Å². The number of carbonyl (C=O) groups is 2. The molecule has 5 heteroatoms. The Bertz CT molecular complexity index is 1170. The lowest BCUT2D eigenvalue weighted by Crippen LogP contribution is -2.45.